The minimum absolute atomic E-state index is 0.170. The smallest absolute Gasteiger partial charge is 0.230 e. The number of halogens is 1. The predicted molar refractivity (Wildman–Crippen MR) is 81.4 cm³/mol. The molecule has 5 nitrogen and oxygen atoms in total. The van der Waals surface area contributed by atoms with Gasteiger partial charge in [0.05, 0.1) is 6.54 Å². The molecule has 0 radical (unpaired) electrons. The molecule has 19 heavy (non-hydrogen) atoms. The van der Waals surface area contributed by atoms with Crippen molar-refractivity contribution >= 4 is 24.2 Å². The van der Waals surface area contributed by atoms with Gasteiger partial charge in [-0.05, 0) is 30.7 Å². The van der Waals surface area contributed by atoms with E-state index in [0.717, 1.165) is 5.56 Å². The largest absolute Gasteiger partial charge is 0.286 e. The Morgan fingerprint density at radius 3 is 2.42 bits per heavy atom. The van der Waals surface area contributed by atoms with Crippen molar-refractivity contribution in [1.29, 1.82) is 0 Å². The van der Waals surface area contributed by atoms with Gasteiger partial charge < -0.3 is 0 Å². The van der Waals surface area contributed by atoms with Crippen LogP contribution in [0.1, 0.15) is 5.56 Å². The first kappa shape index (κ1) is 16.2. The Bertz CT molecular complexity index is 446. The van der Waals surface area contributed by atoms with E-state index in [-0.39, 0.29) is 6.54 Å². The third-order valence-electron chi connectivity index (χ3n) is 2.36. The van der Waals surface area contributed by atoms with Gasteiger partial charge in [0.2, 0.25) is 8.32 Å². The first-order valence-electron chi connectivity index (χ1n) is 5.93. The quantitative estimate of drug-likeness (QED) is 0.140. The van der Waals surface area contributed by atoms with Crippen LogP contribution in [0.25, 0.3) is 10.4 Å². The molecule has 0 saturated heterocycles. The molecule has 0 heterocycles. The standard InChI is InChI=1S/C12H18BrN3O2Si/c1-19(2,3)18-17-12(9-13,10-15-16-14)11-7-5-4-6-8-11/h4-8H,9-10H2,1-3H3. The van der Waals surface area contributed by atoms with E-state index in [9.17, 15) is 0 Å². The minimum atomic E-state index is -1.83. The number of benzene rings is 1. The van der Waals surface area contributed by atoms with E-state index in [0.29, 0.717) is 5.33 Å². The predicted octanol–water partition coefficient (Wildman–Crippen LogP) is 4.37. The number of hydrogen-bond donors (Lipinski definition) is 0. The third-order valence-corrected chi connectivity index (χ3v) is 3.85. The molecule has 0 aliphatic heterocycles. The molecule has 0 fully saturated rings. The molecule has 104 valence electrons. The highest BCUT2D eigenvalue weighted by Crippen LogP contribution is 2.30. The lowest BCUT2D eigenvalue weighted by atomic mass is 9.96. The van der Waals surface area contributed by atoms with E-state index in [1.807, 2.05) is 50.0 Å². The molecule has 1 rings (SSSR count). The van der Waals surface area contributed by atoms with Crippen LogP contribution < -0.4 is 0 Å². The summed E-state index contributed by atoms with van der Waals surface area (Å²) < 4.78 is 5.56. The molecule has 0 spiro atoms. The zero-order chi connectivity index (χ0) is 14.4. The Hall–Kier alpha value is -0.853. The second-order valence-electron chi connectivity index (χ2n) is 5.16. The van der Waals surface area contributed by atoms with Crippen LogP contribution >= 0.6 is 15.9 Å². The molecule has 1 aromatic rings. The zero-order valence-corrected chi connectivity index (χ0v) is 13.9. The summed E-state index contributed by atoms with van der Waals surface area (Å²) in [5, 5.41) is 4.13. The second kappa shape index (κ2) is 7.07. The molecule has 0 saturated carbocycles. The fraction of sp³-hybridized carbons (Fsp3) is 0.500. The van der Waals surface area contributed by atoms with E-state index in [4.69, 9.17) is 15.0 Å². The maximum Gasteiger partial charge on any atom is 0.230 e. The number of alkyl halides is 1. The summed E-state index contributed by atoms with van der Waals surface area (Å²) in [5.74, 6) is 0. The number of hydrogen-bond acceptors (Lipinski definition) is 3. The maximum atomic E-state index is 8.56. The van der Waals surface area contributed by atoms with Crippen molar-refractivity contribution in [2.45, 2.75) is 25.2 Å². The molecule has 1 atom stereocenters. The van der Waals surface area contributed by atoms with Crippen LogP contribution in [0.2, 0.25) is 19.6 Å². The van der Waals surface area contributed by atoms with Crippen LogP contribution in [-0.2, 0) is 15.1 Å². The van der Waals surface area contributed by atoms with E-state index in [2.05, 4.69) is 26.0 Å². The average molecular weight is 344 g/mol. The molecule has 0 bridgehead atoms. The minimum Gasteiger partial charge on any atom is -0.286 e. The van der Waals surface area contributed by atoms with Crippen LogP contribution in [-0.4, -0.2) is 20.2 Å². The fourth-order valence-corrected chi connectivity index (χ4v) is 2.40. The molecule has 0 aliphatic carbocycles. The Labute approximate surface area is 122 Å². The van der Waals surface area contributed by atoms with E-state index in [1.165, 1.54) is 0 Å². The molecule has 0 aromatic heterocycles. The fourth-order valence-electron chi connectivity index (χ4n) is 1.40. The van der Waals surface area contributed by atoms with E-state index in [1.54, 1.807) is 0 Å². The van der Waals surface area contributed by atoms with Crippen LogP contribution in [0, 0.1) is 0 Å². The molecule has 0 amide bonds. The normalized spacial score (nSPS) is 14.5. The molecule has 1 aromatic carbocycles. The first-order chi connectivity index (χ1) is 8.93. The molecular formula is C12H18BrN3O2Si. The van der Waals surface area contributed by atoms with Gasteiger partial charge in [-0.25, -0.2) is 4.89 Å². The summed E-state index contributed by atoms with van der Waals surface area (Å²) in [6, 6.07) is 9.63. The van der Waals surface area contributed by atoms with Crippen LogP contribution in [0.3, 0.4) is 0 Å². The topological polar surface area (TPSA) is 67.2 Å². The number of nitrogens with zero attached hydrogens (tertiary/aromatic N) is 3. The molecular weight excluding hydrogens is 326 g/mol. The van der Waals surface area contributed by atoms with Crippen molar-refractivity contribution in [2.24, 2.45) is 5.11 Å². The van der Waals surface area contributed by atoms with Crippen molar-refractivity contribution < 1.29 is 9.46 Å². The summed E-state index contributed by atoms with van der Waals surface area (Å²) in [7, 11) is -1.83. The van der Waals surface area contributed by atoms with Crippen molar-refractivity contribution in [1.82, 2.24) is 0 Å². The van der Waals surface area contributed by atoms with Gasteiger partial charge in [-0.1, -0.05) is 51.4 Å². The van der Waals surface area contributed by atoms with Gasteiger partial charge in [0.1, 0.15) is 5.60 Å². The Balaban J connectivity index is 3.04. The van der Waals surface area contributed by atoms with Gasteiger partial charge >= 0.3 is 0 Å². The molecule has 1 unspecified atom stereocenters. The van der Waals surface area contributed by atoms with Gasteiger partial charge in [-0.3, -0.25) is 4.58 Å². The van der Waals surface area contributed by atoms with E-state index >= 15 is 0 Å². The molecule has 0 aliphatic rings. The van der Waals surface area contributed by atoms with Crippen molar-refractivity contribution in [2.75, 3.05) is 11.9 Å². The number of azide groups is 1. The van der Waals surface area contributed by atoms with Crippen LogP contribution in [0.4, 0.5) is 0 Å². The zero-order valence-electron chi connectivity index (χ0n) is 11.3. The van der Waals surface area contributed by atoms with Crippen molar-refractivity contribution in [3.8, 4) is 0 Å². The summed E-state index contributed by atoms with van der Waals surface area (Å²) in [4.78, 5) is 8.50. The highest BCUT2D eigenvalue weighted by molar-refractivity contribution is 9.09. The van der Waals surface area contributed by atoms with Crippen LogP contribution in [0.15, 0.2) is 35.4 Å². The van der Waals surface area contributed by atoms with E-state index < -0.39 is 13.9 Å². The summed E-state index contributed by atoms with van der Waals surface area (Å²) in [6.45, 7) is 6.27. The monoisotopic (exact) mass is 343 g/mol. The Kier molecular flexibility index (Phi) is 6.03. The van der Waals surface area contributed by atoms with Crippen molar-refractivity contribution in [3.63, 3.8) is 0 Å². The lowest BCUT2D eigenvalue weighted by molar-refractivity contribution is -0.296. The van der Waals surface area contributed by atoms with Gasteiger partial charge in [0, 0.05) is 10.2 Å². The highest BCUT2D eigenvalue weighted by Gasteiger charge is 2.35. The van der Waals surface area contributed by atoms with Gasteiger partial charge in [-0.2, -0.15) is 0 Å². The van der Waals surface area contributed by atoms with Crippen molar-refractivity contribution in [3.05, 3.63) is 46.3 Å². The first-order valence-corrected chi connectivity index (χ1v) is 10.5. The number of rotatable bonds is 7. The SMILES string of the molecule is C[Si](C)(C)OOC(CBr)(CN=[N+]=[N-])c1ccccc1. The van der Waals surface area contributed by atoms with Crippen LogP contribution in [0.5, 0.6) is 0 Å². The maximum absolute atomic E-state index is 8.56. The Morgan fingerprint density at radius 2 is 1.95 bits per heavy atom. The summed E-state index contributed by atoms with van der Waals surface area (Å²) in [6.07, 6.45) is 0. The lowest BCUT2D eigenvalue weighted by Gasteiger charge is -2.32. The molecule has 7 heteroatoms. The average Bonchev–Trinajstić information content (AvgIpc) is 2.40. The lowest BCUT2D eigenvalue weighted by Crippen LogP contribution is -2.39. The molecule has 0 N–H and O–H groups in total. The second-order valence-corrected chi connectivity index (χ2v) is 10.1. The summed E-state index contributed by atoms with van der Waals surface area (Å²) >= 11 is 3.43. The third kappa shape index (κ3) is 4.97. The van der Waals surface area contributed by atoms with Gasteiger partial charge in [0.15, 0.2) is 0 Å². The summed E-state index contributed by atoms with van der Waals surface area (Å²) in [5.41, 5.74) is 8.67. The highest BCUT2D eigenvalue weighted by atomic mass is 79.9. The van der Waals surface area contributed by atoms with Gasteiger partial charge in [-0.15, -0.1) is 0 Å². The van der Waals surface area contributed by atoms with Gasteiger partial charge in [0.25, 0.3) is 0 Å². The Morgan fingerprint density at radius 1 is 1.32 bits per heavy atom.